The molecule has 2 aromatic rings. The van der Waals surface area contributed by atoms with Crippen molar-refractivity contribution in [1.29, 1.82) is 0 Å². The SMILES string of the molecule is CC(C)(C)Cc1cc(NC(=O)c2cc(C(F)(F)F)ccc2OCCC(C)(C)F)n(C[C@H]2CCCO2)n1. The van der Waals surface area contributed by atoms with E-state index in [2.05, 4.69) is 31.2 Å². The number of alkyl halides is 4. The number of nitrogens with one attached hydrogen (secondary N) is 1. The van der Waals surface area contributed by atoms with E-state index in [4.69, 9.17) is 9.47 Å². The summed E-state index contributed by atoms with van der Waals surface area (Å²) >= 11 is 0. The van der Waals surface area contributed by atoms with Gasteiger partial charge in [0, 0.05) is 19.1 Å². The van der Waals surface area contributed by atoms with Gasteiger partial charge in [-0.05, 0) is 56.7 Å². The summed E-state index contributed by atoms with van der Waals surface area (Å²) in [7, 11) is 0. The monoisotopic (exact) mass is 513 g/mol. The normalized spacial score (nSPS) is 16.9. The van der Waals surface area contributed by atoms with Crippen LogP contribution in [0.1, 0.15) is 75.5 Å². The zero-order valence-electron chi connectivity index (χ0n) is 21.5. The van der Waals surface area contributed by atoms with Crippen LogP contribution >= 0.6 is 0 Å². The molecule has 10 heteroatoms. The highest BCUT2D eigenvalue weighted by Gasteiger charge is 2.32. The van der Waals surface area contributed by atoms with Crippen molar-refractivity contribution in [3.8, 4) is 5.75 Å². The molecule has 2 heterocycles. The summed E-state index contributed by atoms with van der Waals surface area (Å²) in [6.07, 6.45) is -2.25. The highest BCUT2D eigenvalue weighted by molar-refractivity contribution is 6.06. The fraction of sp³-hybridized carbons (Fsp3) is 0.615. The number of carbonyl (C=O) groups is 1. The Kier molecular flexibility index (Phi) is 8.37. The lowest BCUT2D eigenvalue weighted by Gasteiger charge is -2.18. The smallest absolute Gasteiger partial charge is 0.416 e. The summed E-state index contributed by atoms with van der Waals surface area (Å²) in [5.74, 6) is -0.459. The van der Waals surface area contributed by atoms with Crippen molar-refractivity contribution in [2.24, 2.45) is 5.41 Å². The number of anilines is 1. The Morgan fingerprint density at radius 2 is 1.89 bits per heavy atom. The Hall–Kier alpha value is -2.62. The van der Waals surface area contributed by atoms with E-state index in [1.807, 2.05) is 0 Å². The summed E-state index contributed by atoms with van der Waals surface area (Å²) in [5, 5.41) is 7.35. The summed E-state index contributed by atoms with van der Waals surface area (Å²) in [6.45, 7) is 9.92. The van der Waals surface area contributed by atoms with E-state index in [0.717, 1.165) is 36.7 Å². The van der Waals surface area contributed by atoms with Crippen molar-refractivity contribution >= 4 is 11.7 Å². The molecule has 200 valence electrons. The van der Waals surface area contributed by atoms with Crippen LogP contribution in [0.25, 0.3) is 0 Å². The predicted molar refractivity (Wildman–Crippen MR) is 129 cm³/mol. The lowest BCUT2D eigenvalue weighted by molar-refractivity contribution is -0.137. The molecule has 0 spiro atoms. The molecule has 1 aliphatic heterocycles. The summed E-state index contributed by atoms with van der Waals surface area (Å²) in [6, 6.07) is 4.42. The molecule has 1 aliphatic rings. The molecule has 1 amide bonds. The quantitative estimate of drug-likeness (QED) is 0.392. The molecule has 0 saturated carbocycles. The first-order chi connectivity index (χ1) is 16.6. The van der Waals surface area contributed by atoms with Gasteiger partial charge >= 0.3 is 6.18 Å². The van der Waals surface area contributed by atoms with Gasteiger partial charge in [0.2, 0.25) is 0 Å². The molecule has 0 unspecified atom stereocenters. The van der Waals surface area contributed by atoms with Gasteiger partial charge in [-0.25, -0.2) is 9.07 Å². The molecule has 0 aliphatic carbocycles. The second kappa shape index (κ2) is 10.8. The number of ether oxygens (including phenoxy) is 2. The number of nitrogens with zero attached hydrogens (tertiary/aromatic N) is 2. The van der Waals surface area contributed by atoms with E-state index < -0.39 is 23.3 Å². The van der Waals surface area contributed by atoms with Gasteiger partial charge in [0.05, 0.1) is 36.1 Å². The van der Waals surface area contributed by atoms with Gasteiger partial charge in [-0.1, -0.05) is 20.8 Å². The van der Waals surface area contributed by atoms with Crippen LogP contribution in [0.4, 0.5) is 23.4 Å². The Morgan fingerprint density at radius 1 is 1.17 bits per heavy atom. The molecule has 0 radical (unpaired) electrons. The van der Waals surface area contributed by atoms with E-state index in [9.17, 15) is 22.4 Å². The molecule has 1 fully saturated rings. The largest absolute Gasteiger partial charge is 0.493 e. The van der Waals surface area contributed by atoms with Crippen molar-refractivity contribution in [3.63, 3.8) is 0 Å². The Bertz CT molecular complexity index is 1050. The molecule has 3 rings (SSSR count). The third-order valence-corrected chi connectivity index (χ3v) is 5.69. The minimum absolute atomic E-state index is 0.0133. The van der Waals surface area contributed by atoms with E-state index in [1.165, 1.54) is 13.8 Å². The number of rotatable bonds is 9. The maximum absolute atomic E-state index is 13.9. The van der Waals surface area contributed by atoms with Crippen LogP contribution in [0.3, 0.4) is 0 Å². The topological polar surface area (TPSA) is 65.4 Å². The number of carbonyl (C=O) groups excluding carboxylic acids is 1. The highest BCUT2D eigenvalue weighted by Crippen LogP contribution is 2.33. The van der Waals surface area contributed by atoms with Crippen LogP contribution in [0.5, 0.6) is 5.75 Å². The summed E-state index contributed by atoms with van der Waals surface area (Å²) in [4.78, 5) is 13.3. The zero-order chi connectivity index (χ0) is 26.7. The summed E-state index contributed by atoms with van der Waals surface area (Å²) in [5.41, 5.74) is -2.10. The van der Waals surface area contributed by atoms with Gasteiger partial charge in [0.1, 0.15) is 17.2 Å². The van der Waals surface area contributed by atoms with Gasteiger partial charge < -0.3 is 14.8 Å². The van der Waals surface area contributed by atoms with Crippen LogP contribution in [0.15, 0.2) is 24.3 Å². The Balaban J connectivity index is 1.90. The zero-order valence-corrected chi connectivity index (χ0v) is 21.5. The van der Waals surface area contributed by atoms with Crippen molar-refractivity contribution in [1.82, 2.24) is 9.78 Å². The second-order valence-electron chi connectivity index (χ2n) is 11.1. The van der Waals surface area contributed by atoms with Gasteiger partial charge in [0.25, 0.3) is 5.91 Å². The fourth-order valence-electron chi connectivity index (χ4n) is 3.92. The lowest BCUT2D eigenvalue weighted by Crippen LogP contribution is -2.22. The average Bonchev–Trinajstić information content (AvgIpc) is 3.35. The molecule has 1 aromatic carbocycles. The molecule has 36 heavy (non-hydrogen) atoms. The Morgan fingerprint density at radius 3 is 2.47 bits per heavy atom. The third-order valence-electron chi connectivity index (χ3n) is 5.69. The standard InChI is InChI=1S/C26H35F4N3O3/c1-24(2,3)15-18-14-22(33(32-18)16-19-7-6-11-35-19)31-23(34)20-13-17(26(28,29)30)8-9-21(20)36-12-10-25(4,5)27/h8-9,13-14,19H,6-7,10-12,15-16H2,1-5H3,(H,31,34)/t19-/m1/s1. The van der Waals surface area contributed by atoms with Crippen molar-refractivity contribution < 1.29 is 31.8 Å². The van der Waals surface area contributed by atoms with E-state index in [0.29, 0.717) is 25.4 Å². The molecule has 1 atom stereocenters. The first kappa shape index (κ1) is 28.0. The minimum atomic E-state index is -4.64. The van der Waals surface area contributed by atoms with Gasteiger partial charge in [-0.15, -0.1) is 0 Å². The number of halogens is 4. The number of hydrogen-bond donors (Lipinski definition) is 1. The average molecular weight is 514 g/mol. The third kappa shape index (κ3) is 8.21. The summed E-state index contributed by atoms with van der Waals surface area (Å²) < 4.78 is 66.9. The van der Waals surface area contributed by atoms with E-state index >= 15 is 0 Å². The second-order valence-corrected chi connectivity index (χ2v) is 11.1. The molecule has 1 N–H and O–H groups in total. The van der Waals surface area contributed by atoms with Crippen LogP contribution < -0.4 is 10.1 Å². The number of benzene rings is 1. The first-order valence-corrected chi connectivity index (χ1v) is 12.1. The van der Waals surface area contributed by atoms with Crippen molar-refractivity contribution in [2.45, 2.75) is 84.8 Å². The number of amides is 1. The maximum Gasteiger partial charge on any atom is 0.416 e. The van der Waals surface area contributed by atoms with Crippen molar-refractivity contribution in [2.75, 3.05) is 18.5 Å². The predicted octanol–water partition coefficient (Wildman–Crippen LogP) is 6.44. The number of aromatic nitrogens is 2. The van der Waals surface area contributed by atoms with Gasteiger partial charge in [0.15, 0.2) is 0 Å². The lowest BCUT2D eigenvalue weighted by atomic mass is 9.91. The molecule has 1 aromatic heterocycles. The fourth-order valence-corrected chi connectivity index (χ4v) is 3.92. The number of hydrogen-bond acceptors (Lipinski definition) is 4. The van der Waals surface area contributed by atoms with Crippen LogP contribution in [-0.4, -0.2) is 40.7 Å². The first-order valence-electron chi connectivity index (χ1n) is 12.1. The minimum Gasteiger partial charge on any atom is -0.493 e. The van der Waals surface area contributed by atoms with Crippen LogP contribution in [0, 0.1) is 5.41 Å². The van der Waals surface area contributed by atoms with Crippen LogP contribution in [0.2, 0.25) is 0 Å². The molecule has 0 bridgehead atoms. The molecule has 1 saturated heterocycles. The van der Waals surface area contributed by atoms with E-state index in [1.54, 1.807) is 10.7 Å². The highest BCUT2D eigenvalue weighted by atomic mass is 19.4. The Labute approximate surface area is 209 Å². The maximum atomic E-state index is 13.9. The van der Waals surface area contributed by atoms with Crippen LogP contribution in [-0.2, 0) is 23.9 Å². The van der Waals surface area contributed by atoms with E-state index in [-0.39, 0.29) is 35.9 Å². The molecular weight excluding hydrogens is 478 g/mol. The molecule has 6 nitrogen and oxygen atoms in total. The van der Waals surface area contributed by atoms with Crippen molar-refractivity contribution in [3.05, 3.63) is 41.1 Å². The van der Waals surface area contributed by atoms with Gasteiger partial charge in [-0.3, -0.25) is 4.79 Å². The van der Waals surface area contributed by atoms with Gasteiger partial charge in [-0.2, -0.15) is 18.3 Å². The molecular formula is C26H35F4N3O3.